The van der Waals surface area contributed by atoms with Crippen molar-refractivity contribution in [3.63, 3.8) is 0 Å². The molecule has 23 heavy (non-hydrogen) atoms. The van der Waals surface area contributed by atoms with E-state index in [9.17, 15) is 18.0 Å². The Hall–Kier alpha value is -1.93. The smallest absolute Gasteiger partial charge is 0.245 e. The molecule has 1 aliphatic heterocycles. The highest BCUT2D eigenvalue weighted by atomic mass is 32.2. The highest BCUT2D eigenvalue weighted by Gasteiger charge is 2.31. The minimum absolute atomic E-state index is 0.134. The van der Waals surface area contributed by atoms with Crippen LogP contribution in [0.4, 0.5) is 0 Å². The van der Waals surface area contributed by atoms with Gasteiger partial charge in [-0.1, -0.05) is 12.1 Å². The lowest BCUT2D eigenvalue weighted by Gasteiger charge is -2.17. The van der Waals surface area contributed by atoms with Crippen LogP contribution in [-0.4, -0.2) is 50.8 Å². The first-order valence-corrected chi connectivity index (χ1v) is 8.90. The van der Waals surface area contributed by atoms with Gasteiger partial charge in [-0.2, -0.15) is 0 Å². The number of rotatable bonds is 6. The molecule has 7 nitrogen and oxygen atoms in total. The van der Waals surface area contributed by atoms with Crippen LogP contribution in [0.1, 0.15) is 18.9 Å². The second kappa shape index (κ2) is 7.10. The van der Waals surface area contributed by atoms with E-state index in [1.165, 1.54) is 13.0 Å². The van der Waals surface area contributed by atoms with Crippen LogP contribution in [0.15, 0.2) is 29.2 Å². The quantitative estimate of drug-likeness (QED) is 0.763. The molecule has 1 aromatic rings. The van der Waals surface area contributed by atoms with Crippen molar-refractivity contribution in [3.05, 3.63) is 29.8 Å². The van der Waals surface area contributed by atoms with Gasteiger partial charge in [-0.15, -0.1) is 0 Å². The summed E-state index contributed by atoms with van der Waals surface area (Å²) >= 11 is 0. The van der Waals surface area contributed by atoms with Crippen molar-refractivity contribution < 1.29 is 18.0 Å². The number of sulfonamides is 1. The molecule has 1 heterocycles. The highest BCUT2D eigenvalue weighted by Crippen LogP contribution is 2.12. The molecular formula is C15H21N3O4S. The molecule has 2 amide bonds. The number of aryl methyl sites for hydroxylation is 1. The number of nitrogens with one attached hydrogen (secondary N) is 2. The molecule has 1 aliphatic rings. The van der Waals surface area contributed by atoms with Gasteiger partial charge < -0.3 is 10.2 Å². The van der Waals surface area contributed by atoms with Crippen LogP contribution in [0.5, 0.6) is 0 Å². The number of hydrogen-bond donors (Lipinski definition) is 2. The summed E-state index contributed by atoms with van der Waals surface area (Å²) in [7, 11) is -3.58. The molecule has 1 atom stereocenters. The maximum Gasteiger partial charge on any atom is 0.245 e. The minimum Gasteiger partial charge on any atom is -0.344 e. The van der Waals surface area contributed by atoms with Gasteiger partial charge in [-0.25, -0.2) is 13.1 Å². The standard InChI is InChI=1S/C15H21N3O4S/c1-11-4-3-5-13(10-11)23(21,22)16-7-9-18-8-6-14(15(18)20)17-12(2)19/h3-5,10,14,16H,6-9H2,1-2H3,(H,17,19). The van der Waals surface area contributed by atoms with E-state index >= 15 is 0 Å². The Balaban J connectivity index is 1.88. The van der Waals surface area contributed by atoms with E-state index in [2.05, 4.69) is 10.0 Å². The Bertz CT molecular complexity index is 702. The molecule has 0 aliphatic carbocycles. The van der Waals surface area contributed by atoms with Crippen LogP contribution >= 0.6 is 0 Å². The Labute approximate surface area is 136 Å². The van der Waals surface area contributed by atoms with Gasteiger partial charge in [0.25, 0.3) is 0 Å². The number of hydrogen-bond acceptors (Lipinski definition) is 4. The molecule has 0 radical (unpaired) electrons. The highest BCUT2D eigenvalue weighted by molar-refractivity contribution is 7.89. The number of carbonyl (C=O) groups is 2. The van der Waals surface area contributed by atoms with Gasteiger partial charge >= 0.3 is 0 Å². The zero-order chi connectivity index (χ0) is 17.0. The first kappa shape index (κ1) is 17.4. The van der Waals surface area contributed by atoms with E-state index in [0.29, 0.717) is 13.0 Å². The molecule has 1 saturated heterocycles. The van der Waals surface area contributed by atoms with Gasteiger partial charge in [0.1, 0.15) is 6.04 Å². The summed E-state index contributed by atoms with van der Waals surface area (Å²) < 4.78 is 26.9. The maximum absolute atomic E-state index is 12.2. The molecule has 0 aromatic heterocycles. The molecule has 2 rings (SSSR count). The Morgan fingerprint density at radius 1 is 1.39 bits per heavy atom. The van der Waals surface area contributed by atoms with Crippen molar-refractivity contribution in [1.82, 2.24) is 14.9 Å². The fourth-order valence-electron chi connectivity index (χ4n) is 2.52. The average molecular weight is 339 g/mol. The van der Waals surface area contributed by atoms with Crippen LogP contribution in [0, 0.1) is 6.92 Å². The average Bonchev–Trinajstić information content (AvgIpc) is 2.79. The summed E-state index contributed by atoms with van der Waals surface area (Å²) in [6.07, 6.45) is 0.545. The van der Waals surface area contributed by atoms with Crippen LogP contribution in [0.25, 0.3) is 0 Å². The van der Waals surface area contributed by atoms with Gasteiger partial charge in [0.05, 0.1) is 4.90 Å². The van der Waals surface area contributed by atoms with E-state index in [1.54, 1.807) is 17.0 Å². The van der Waals surface area contributed by atoms with Crippen molar-refractivity contribution in [1.29, 1.82) is 0 Å². The maximum atomic E-state index is 12.2. The van der Waals surface area contributed by atoms with Crippen LogP contribution in [0.2, 0.25) is 0 Å². The predicted molar refractivity (Wildman–Crippen MR) is 85.2 cm³/mol. The van der Waals surface area contributed by atoms with Gasteiger partial charge in [0.15, 0.2) is 0 Å². The zero-order valence-electron chi connectivity index (χ0n) is 13.2. The zero-order valence-corrected chi connectivity index (χ0v) is 14.0. The summed E-state index contributed by atoms with van der Waals surface area (Å²) in [6.45, 7) is 4.11. The molecule has 0 spiro atoms. The summed E-state index contributed by atoms with van der Waals surface area (Å²) in [5.41, 5.74) is 0.862. The molecule has 8 heteroatoms. The van der Waals surface area contributed by atoms with Gasteiger partial charge in [-0.3, -0.25) is 9.59 Å². The van der Waals surface area contributed by atoms with Crippen molar-refractivity contribution in [2.75, 3.05) is 19.6 Å². The molecule has 1 unspecified atom stereocenters. The Morgan fingerprint density at radius 2 is 2.13 bits per heavy atom. The fourth-order valence-corrected chi connectivity index (χ4v) is 3.65. The van der Waals surface area contributed by atoms with E-state index < -0.39 is 16.1 Å². The third-order valence-electron chi connectivity index (χ3n) is 3.65. The number of amides is 2. The lowest BCUT2D eigenvalue weighted by molar-refractivity contribution is -0.132. The number of likely N-dealkylation sites (tertiary alicyclic amines) is 1. The molecule has 0 bridgehead atoms. The van der Waals surface area contributed by atoms with E-state index in [0.717, 1.165) is 5.56 Å². The van der Waals surface area contributed by atoms with Crippen LogP contribution in [-0.2, 0) is 19.6 Å². The number of benzene rings is 1. The van der Waals surface area contributed by atoms with Crippen molar-refractivity contribution in [2.24, 2.45) is 0 Å². The largest absolute Gasteiger partial charge is 0.344 e. The van der Waals surface area contributed by atoms with Crippen LogP contribution in [0.3, 0.4) is 0 Å². The second-order valence-corrected chi connectivity index (χ2v) is 7.35. The monoisotopic (exact) mass is 339 g/mol. The molecule has 1 aromatic carbocycles. The summed E-state index contributed by atoms with van der Waals surface area (Å²) in [6, 6.07) is 6.14. The second-order valence-electron chi connectivity index (χ2n) is 5.58. The SMILES string of the molecule is CC(=O)NC1CCN(CCNS(=O)(=O)c2cccc(C)c2)C1=O. The fraction of sp³-hybridized carbons (Fsp3) is 0.467. The molecule has 126 valence electrons. The topological polar surface area (TPSA) is 95.6 Å². The summed E-state index contributed by atoms with van der Waals surface area (Å²) in [5, 5.41) is 2.59. The molecule has 0 saturated carbocycles. The van der Waals surface area contributed by atoms with Gasteiger partial charge in [-0.05, 0) is 31.0 Å². The Kier molecular flexibility index (Phi) is 5.38. The lowest BCUT2D eigenvalue weighted by Crippen LogP contribution is -2.42. The summed E-state index contributed by atoms with van der Waals surface area (Å²) in [5.74, 6) is -0.416. The van der Waals surface area contributed by atoms with Gasteiger partial charge in [0, 0.05) is 26.6 Å². The first-order valence-electron chi connectivity index (χ1n) is 7.42. The van der Waals surface area contributed by atoms with E-state index in [4.69, 9.17) is 0 Å². The minimum atomic E-state index is -3.58. The van der Waals surface area contributed by atoms with Gasteiger partial charge in [0.2, 0.25) is 21.8 Å². The van der Waals surface area contributed by atoms with Crippen LogP contribution < -0.4 is 10.0 Å². The first-order chi connectivity index (χ1) is 10.8. The predicted octanol–water partition coefficient (Wildman–Crippen LogP) is 0.0103. The molecule has 2 N–H and O–H groups in total. The number of carbonyl (C=O) groups excluding carboxylic acids is 2. The summed E-state index contributed by atoms with van der Waals surface area (Å²) in [4.78, 5) is 24.8. The normalized spacial score (nSPS) is 18.3. The van der Waals surface area contributed by atoms with Crippen molar-refractivity contribution in [3.8, 4) is 0 Å². The third kappa shape index (κ3) is 4.52. The Morgan fingerprint density at radius 3 is 2.78 bits per heavy atom. The molecular weight excluding hydrogens is 318 g/mol. The third-order valence-corrected chi connectivity index (χ3v) is 5.11. The van der Waals surface area contributed by atoms with Crippen molar-refractivity contribution >= 4 is 21.8 Å². The van der Waals surface area contributed by atoms with Crippen molar-refractivity contribution in [2.45, 2.75) is 31.2 Å². The number of nitrogens with zero attached hydrogens (tertiary/aromatic N) is 1. The van der Waals surface area contributed by atoms with E-state index in [1.807, 2.05) is 13.0 Å². The van der Waals surface area contributed by atoms with E-state index in [-0.39, 0.29) is 29.8 Å². The lowest BCUT2D eigenvalue weighted by atomic mass is 10.2. The molecule has 1 fully saturated rings.